The number of benzene rings is 1. The first-order chi connectivity index (χ1) is 10.0. The van der Waals surface area contributed by atoms with Crippen LogP contribution in [0.2, 0.25) is 0 Å². The second kappa shape index (κ2) is 5.07. The average Bonchev–Trinajstić information content (AvgIpc) is 3.02. The highest BCUT2D eigenvalue weighted by Gasteiger charge is 2.37. The Bertz CT molecular complexity index is 749. The standard InChI is InChI=1S/C16H16N2O2S/c1-4-13-17-11(8-21-13)7-18-14-10(3)9(2)5-6-12(14)15(19)16(18)20/h5-6,8H,4,7H2,1-3H3. The Morgan fingerprint density at radius 2 is 2.00 bits per heavy atom. The minimum atomic E-state index is -0.454. The molecule has 5 heteroatoms. The van der Waals surface area contributed by atoms with Crippen LogP contribution in [0.25, 0.3) is 0 Å². The first kappa shape index (κ1) is 13.9. The van der Waals surface area contributed by atoms with E-state index in [1.165, 1.54) is 0 Å². The monoisotopic (exact) mass is 300 g/mol. The molecule has 0 radical (unpaired) electrons. The number of hydrogen-bond acceptors (Lipinski definition) is 4. The SMILES string of the molecule is CCc1nc(CN2C(=O)C(=O)c3ccc(C)c(C)c32)cs1. The van der Waals surface area contributed by atoms with E-state index in [-0.39, 0.29) is 0 Å². The van der Waals surface area contributed by atoms with Crippen molar-refractivity contribution in [1.82, 2.24) is 4.98 Å². The van der Waals surface area contributed by atoms with Crippen LogP contribution < -0.4 is 4.90 Å². The van der Waals surface area contributed by atoms with Gasteiger partial charge in [-0.15, -0.1) is 11.3 Å². The number of fused-ring (bicyclic) bond motifs is 1. The lowest BCUT2D eigenvalue weighted by Crippen LogP contribution is -2.29. The molecule has 0 N–H and O–H groups in total. The van der Waals surface area contributed by atoms with Crippen LogP contribution in [-0.4, -0.2) is 16.7 Å². The molecule has 2 aromatic rings. The predicted molar refractivity (Wildman–Crippen MR) is 82.9 cm³/mol. The molecule has 1 aliphatic heterocycles. The molecule has 108 valence electrons. The summed E-state index contributed by atoms with van der Waals surface area (Å²) in [7, 11) is 0. The van der Waals surface area contributed by atoms with E-state index in [4.69, 9.17) is 0 Å². The zero-order valence-electron chi connectivity index (χ0n) is 12.3. The van der Waals surface area contributed by atoms with E-state index in [1.807, 2.05) is 25.3 Å². The van der Waals surface area contributed by atoms with E-state index < -0.39 is 11.7 Å². The number of carbonyl (C=O) groups is 2. The van der Waals surface area contributed by atoms with Crippen molar-refractivity contribution in [1.29, 1.82) is 0 Å². The summed E-state index contributed by atoms with van der Waals surface area (Å²) in [5.74, 6) is -0.871. The second-order valence-corrected chi connectivity index (χ2v) is 6.15. The summed E-state index contributed by atoms with van der Waals surface area (Å²) >= 11 is 1.59. The van der Waals surface area contributed by atoms with E-state index in [1.54, 1.807) is 22.3 Å². The maximum absolute atomic E-state index is 12.3. The summed E-state index contributed by atoms with van der Waals surface area (Å²) in [5, 5.41) is 3.00. The van der Waals surface area contributed by atoms with Crippen LogP contribution in [0.5, 0.6) is 0 Å². The van der Waals surface area contributed by atoms with Crippen molar-refractivity contribution in [3.8, 4) is 0 Å². The number of thiazole rings is 1. The van der Waals surface area contributed by atoms with Gasteiger partial charge in [0.15, 0.2) is 0 Å². The minimum Gasteiger partial charge on any atom is -0.298 e. The normalized spacial score (nSPS) is 14.0. The van der Waals surface area contributed by atoms with Gasteiger partial charge in [-0.25, -0.2) is 4.98 Å². The quantitative estimate of drug-likeness (QED) is 0.819. The number of amides is 1. The number of hydrogen-bond donors (Lipinski definition) is 0. The van der Waals surface area contributed by atoms with Crippen LogP contribution in [0.4, 0.5) is 5.69 Å². The molecule has 1 aromatic heterocycles. The van der Waals surface area contributed by atoms with Crippen molar-refractivity contribution in [3.63, 3.8) is 0 Å². The van der Waals surface area contributed by atoms with E-state index in [0.29, 0.717) is 12.1 Å². The molecule has 0 fully saturated rings. The lowest BCUT2D eigenvalue weighted by atomic mass is 10.0. The molecule has 2 heterocycles. The largest absolute Gasteiger partial charge is 0.299 e. The molecule has 0 saturated heterocycles. The summed E-state index contributed by atoms with van der Waals surface area (Å²) in [6.45, 7) is 6.35. The van der Waals surface area contributed by atoms with Crippen LogP contribution in [0.1, 0.15) is 39.1 Å². The summed E-state index contributed by atoms with van der Waals surface area (Å²) in [6.07, 6.45) is 0.881. The van der Waals surface area contributed by atoms with Gasteiger partial charge in [-0.1, -0.05) is 13.0 Å². The molecule has 1 amide bonds. The number of Topliss-reactive ketones (excluding diaryl/α,β-unsaturated/α-hetero) is 1. The van der Waals surface area contributed by atoms with E-state index in [2.05, 4.69) is 11.9 Å². The Labute approximate surface area is 127 Å². The zero-order valence-corrected chi connectivity index (χ0v) is 13.1. The van der Waals surface area contributed by atoms with E-state index in [9.17, 15) is 9.59 Å². The average molecular weight is 300 g/mol. The van der Waals surface area contributed by atoms with Crippen LogP contribution >= 0.6 is 11.3 Å². The molecule has 21 heavy (non-hydrogen) atoms. The van der Waals surface area contributed by atoms with Gasteiger partial charge in [0.25, 0.3) is 11.7 Å². The molecule has 0 spiro atoms. The fourth-order valence-electron chi connectivity index (χ4n) is 2.57. The van der Waals surface area contributed by atoms with Gasteiger partial charge in [0.1, 0.15) is 0 Å². The van der Waals surface area contributed by atoms with Crippen LogP contribution in [0.3, 0.4) is 0 Å². The molecule has 0 saturated carbocycles. The fourth-order valence-corrected chi connectivity index (χ4v) is 3.30. The van der Waals surface area contributed by atoms with Crippen LogP contribution in [0, 0.1) is 13.8 Å². The van der Waals surface area contributed by atoms with Gasteiger partial charge in [0.05, 0.1) is 28.5 Å². The maximum Gasteiger partial charge on any atom is 0.299 e. The highest BCUT2D eigenvalue weighted by Crippen LogP contribution is 2.35. The number of anilines is 1. The second-order valence-electron chi connectivity index (χ2n) is 5.21. The summed E-state index contributed by atoms with van der Waals surface area (Å²) < 4.78 is 0. The molecule has 4 nitrogen and oxygen atoms in total. The van der Waals surface area contributed by atoms with Gasteiger partial charge < -0.3 is 0 Å². The number of aryl methyl sites for hydroxylation is 2. The van der Waals surface area contributed by atoms with Gasteiger partial charge in [-0.3, -0.25) is 14.5 Å². The number of aromatic nitrogens is 1. The van der Waals surface area contributed by atoms with Crippen LogP contribution in [-0.2, 0) is 17.8 Å². The minimum absolute atomic E-state index is 0.359. The van der Waals surface area contributed by atoms with Crippen molar-refractivity contribution < 1.29 is 9.59 Å². The first-order valence-electron chi connectivity index (χ1n) is 6.92. The van der Waals surface area contributed by atoms with Crippen molar-refractivity contribution in [2.45, 2.75) is 33.7 Å². The molecule has 3 rings (SSSR count). The smallest absolute Gasteiger partial charge is 0.298 e. The molecule has 0 unspecified atom stereocenters. The fraction of sp³-hybridized carbons (Fsp3) is 0.312. The molecular formula is C16H16N2O2S. The van der Waals surface area contributed by atoms with Crippen molar-refractivity contribution >= 4 is 28.7 Å². The molecule has 0 bridgehead atoms. The molecule has 1 aliphatic rings. The number of rotatable bonds is 3. The lowest BCUT2D eigenvalue weighted by Gasteiger charge is -2.18. The highest BCUT2D eigenvalue weighted by atomic mass is 32.1. The molecular weight excluding hydrogens is 284 g/mol. The summed E-state index contributed by atoms with van der Waals surface area (Å²) in [5.41, 5.74) is 4.16. The third-order valence-corrected chi connectivity index (χ3v) is 4.92. The summed E-state index contributed by atoms with van der Waals surface area (Å²) in [4.78, 5) is 30.4. The Hall–Kier alpha value is -2.01. The number of nitrogens with zero attached hydrogens (tertiary/aromatic N) is 2. The van der Waals surface area contributed by atoms with Gasteiger partial charge in [-0.05, 0) is 37.5 Å². The lowest BCUT2D eigenvalue weighted by molar-refractivity contribution is -0.114. The van der Waals surface area contributed by atoms with Crippen molar-refractivity contribution in [3.05, 3.63) is 44.9 Å². The number of ketones is 1. The number of carbonyl (C=O) groups excluding carboxylic acids is 2. The van der Waals surface area contributed by atoms with Gasteiger partial charge in [0, 0.05) is 5.38 Å². The molecule has 0 atom stereocenters. The van der Waals surface area contributed by atoms with Gasteiger partial charge in [0.2, 0.25) is 0 Å². The Morgan fingerprint density at radius 1 is 1.24 bits per heavy atom. The van der Waals surface area contributed by atoms with Crippen molar-refractivity contribution in [2.24, 2.45) is 0 Å². The van der Waals surface area contributed by atoms with E-state index >= 15 is 0 Å². The third kappa shape index (κ3) is 2.17. The highest BCUT2D eigenvalue weighted by molar-refractivity contribution is 7.09. The first-order valence-corrected chi connectivity index (χ1v) is 7.80. The maximum atomic E-state index is 12.3. The zero-order chi connectivity index (χ0) is 15.1. The molecule has 0 aliphatic carbocycles. The third-order valence-electron chi connectivity index (χ3n) is 3.88. The molecule has 1 aromatic carbocycles. The van der Waals surface area contributed by atoms with Crippen molar-refractivity contribution in [2.75, 3.05) is 4.90 Å². The predicted octanol–water partition coefficient (Wildman–Crippen LogP) is 3.05. The Kier molecular flexibility index (Phi) is 3.37. The summed E-state index contributed by atoms with van der Waals surface area (Å²) in [6, 6.07) is 3.64. The van der Waals surface area contributed by atoms with Gasteiger partial charge in [-0.2, -0.15) is 0 Å². The topological polar surface area (TPSA) is 50.3 Å². The van der Waals surface area contributed by atoms with Gasteiger partial charge >= 0.3 is 0 Å². The van der Waals surface area contributed by atoms with E-state index in [0.717, 1.165) is 33.9 Å². The Morgan fingerprint density at radius 3 is 2.67 bits per heavy atom. The Balaban J connectivity index is 2.02. The van der Waals surface area contributed by atoms with Crippen LogP contribution in [0.15, 0.2) is 17.5 Å².